The molecule has 0 aromatic carbocycles. The lowest BCUT2D eigenvalue weighted by Crippen LogP contribution is -2.39. The van der Waals surface area contributed by atoms with E-state index in [0.717, 1.165) is 35.9 Å². The molecule has 1 aliphatic heterocycles. The molecule has 2 N–H and O–H groups in total. The second-order valence-electron chi connectivity index (χ2n) is 4.31. The quantitative estimate of drug-likeness (QED) is 0.798. The van der Waals surface area contributed by atoms with Crippen molar-refractivity contribution in [2.24, 2.45) is 0 Å². The smallest absolute Gasteiger partial charge is 0.336 e. The maximum absolute atomic E-state index is 12.0. The molecule has 0 unspecified atom stereocenters. The minimum atomic E-state index is -3.60. The van der Waals surface area contributed by atoms with Crippen molar-refractivity contribution >= 4 is 39.1 Å². The third-order valence-electron chi connectivity index (χ3n) is 2.91. The van der Waals surface area contributed by atoms with Gasteiger partial charge in [-0.15, -0.1) is 11.3 Å². The number of nitrogens with one attached hydrogen (secondary N) is 1. The normalized spacial score (nSPS) is 17.2. The summed E-state index contributed by atoms with van der Waals surface area (Å²) in [5, 5.41) is 10.1. The van der Waals surface area contributed by atoms with E-state index in [1.54, 1.807) is 0 Å². The van der Waals surface area contributed by atoms with E-state index in [4.69, 9.17) is 5.11 Å². The van der Waals surface area contributed by atoms with Crippen LogP contribution in [0, 0.1) is 0 Å². The molecule has 0 amide bonds. The van der Waals surface area contributed by atoms with Gasteiger partial charge in [-0.3, -0.25) is 0 Å². The van der Waals surface area contributed by atoms with E-state index in [2.05, 4.69) is 9.62 Å². The summed E-state index contributed by atoms with van der Waals surface area (Å²) >= 11 is 2.83. The second-order valence-corrected chi connectivity index (χ2v) is 8.44. The van der Waals surface area contributed by atoms with Crippen molar-refractivity contribution in [3.63, 3.8) is 0 Å². The van der Waals surface area contributed by atoms with Gasteiger partial charge in [0, 0.05) is 43.1 Å². The van der Waals surface area contributed by atoms with Gasteiger partial charge in [0.1, 0.15) is 4.21 Å². The van der Waals surface area contributed by atoms with E-state index < -0.39 is 16.0 Å². The van der Waals surface area contributed by atoms with Gasteiger partial charge in [0.05, 0.1) is 5.56 Å². The van der Waals surface area contributed by atoms with Gasteiger partial charge in [-0.05, 0) is 6.07 Å². The SMILES string of the molecule is O=C(O)c1csc(S(=O)(=O)NCCN2CCSCC2)c1. The van der Waals surface area contributed by atoms with Crippen LogP contribution in [0.25, 0.3) is 0 Å². The highest BCUT2D eigenvalue weighted by Crippen LogP contribution is 2.20. The van der Waals surface area contributed by atoms with E-state index in [-0.39, 0.29) is 9.77 Å². The number of thioether (sulfide) groups is 1. The third kappa shape index (κ3) is 4.19. The minimum absolute atomic E-state index is 0.00318. The van der Waals surface area contributed by atoms with E-state index in [0.29, 0.717) is 13.1 Å². The predicted molar refractivity (Wildman–Crippen MR) is 80.2 cm³/mol. The standard InChI is InChI=1S/C11H16N2O4S3/c14-11(15)9-7-10(19-8-9)20(16,17)12-1-2-13-3-5-18-6-4-13/h7-8,12H,1-6H2,(H,14,15). The van der Waals surface area contributed by atoms with Crippen molar-refractivity contribution in [2.45, 2.75) is 4.21 Å². The summed E-state index contributed by atoms with van der Waals surface area (Å²) in [6.45, 7) is 2.98. The molecule has 0 radical (unpaired) electrons. The Morgan fingerprint density at radius 1 is 1.40 bits per heavy atom. The minimum Gasteiger partial charge on any atom is -0.478 e. The molecule has 112 valence electrons. The average molecular weight is 336 g/mol. The highest BCUT2D eigenvalue weighted by Gasteiger charge is 2.19. The zero-order valence-corrected chi connectivity index (χ0v) is 13.2. The van der Waals surface area contributed by atoms with E-state index in [1.165, 1.54) is 11.4 Å². The molecule has 0 bridgehead atoms. The van der Waals surface area contributed by atoms with Crippen molar-refractivity contribution in [2.75, 3.05) is 37.7 Å². The number of carbonyl (C=O) groups is 1. The molecule has 1 fully saturated rings. The molecule has 1 aliphatic rings. The van der Waals surface area contributed by atoms with Crippen molar-refractivity contribution in [1.82, 2.24) is 9.62 Å². The molecule has 0 spiro atoms. The first kappa shape index (κ1) is 15.8. The van der Waals surface area contributed by atoms with Crippen molar-refractivity contribution in [3.05, 3.63) is 17.0 Å². The molecule has 0 aliphatic carbocycles. The zero-order chi connectivity index (χ0) is 14.6. The lowest BCUT2D eigenvalue weighted by atomic mass is 10.4. The van der Waals surface area contributed by atoms with Crippen LogP contribution < -0.4 is 4.72 Å². The summed E-state index contributed by atoms with van der Waals surface area (Å²) in [5.41, 5.74) is 0.00318. The Morgan fingerprint density at radius 3 is 2.70 bits per heavy atom. The zero-order valence-electron chi connectivity index (χ0n) is 10.7. The second kappa shape index (κ2) is 6.90. The van der Waals surface area contributed by atoms with Crippen LogP contribution in [0.3, 0.4) is 0 Å². The Labute approximate surface area is 126 Å². The fourth-order valence-electron chi connectivity index (χ4n) is 1.80. The monoisotopic (exact) mass is 336 g/mol. The number of hydrogen-bond acceptors (Lipinski definition) is 6. The highest BCUT2D eigenvalue weighted by atomic mass is 32.2. The first-order chi connectivity index (χ1) is 9.49. The maximum Gasteiger partial charge on any atom is 0.336 e. The van der Waals surface area contributed by atoms with Crippen LogP contribution in [0.2, 0.25) is 0 Å². The number of nitrogens with zero attached hydrogens (tertiary/aromatic N) is 1. The number of carboxylic acid groups (broad SMARTS) is 1. The van der Waals surface area contributed by atoms with Crippen LogP contribution in [0.15, 0.2) is 15.7 Å². The number of hydrogen-bond donors (Lipinski definition) is 2. The molecule has 1 aromatic rings. The van der Waals surface area contributed by atoms with E-state index >= 15 is 0 Å². The maximum atomic E-state index is 12.0. The van der Waals surface area contributed by atoms with Crippen LogP contribution in [0.5, 0.6) is 0 Å². The topological polar surface area (TPSA) is 86.7 Å². The average Bonchev–Trinajstić information content (AvgIpc) is 2.90. The molecule has 1 saturated heterocycles. The van der Waals surface area contributed by atoms with Gasteiger partial charge in [-0.25, -0.2) is 17.9 Å². The fraction of sp³-hybridized carbons (Fsp3) is 0.545. The van der Waals surface area contributed by atoms with E-state index in [1.807, 2.05) is 11.8 Å². The highest BCUT2D eigenvalue weighted by molar-refractivity contribution is 7.99. The van der Waals surface area contributed by atoms with Crippen LogP contribution in [0.1, 0.15) is 10.4 Å². The molecule has 20 heavy (non-hydrogen) atoms. The van der Waals surface area contributed by atoms with Gasteiger partial charge >= 0.3 is 5.97 Å². The van der Waals surface area contributed by atoms with Gasteiger partial charge < -0.3 is 10.0 Å². The Balaban J connectivity index is 1.88. The van der Waals surface area contributed by atoms with Gasteiger partial charge in [-0.2, -0.15) is 11.8 Å². The Bertz CT molecular complexity index is 564. The number of aromatic carboxylic acids is 1. The molecule has 2 heterocycles. The Morgan fingerprint density at radius 2 is 2.10 bits per heavy atom. The molecule has 9 heteroatoms. The van der Waals surface area contributed by atoms with Crippen molar-refractivity contribution < 1.29 is 18.3 Å². The summed E-state index contributed by atoms with van der Waals surface area (Å²) in [6.07, 6.45) is 0. The fourth-order valence-corrected chi connectivity index (χ4v) is 5.00. The van der Waals surface area contributed by atoms with Gasteiger partial charge in [0.15, 0.2) is 0 Å². The van der Waals surface area contributed by atoms with Crippen LogP contribution in [-0.2, 0) is 10.0 Å². The first-order valence-corrected chi connectivity index (χ1v) is 9.62. The summed E-state index contributed by atoms with van der Waals surface area (Å²) < 4.78 is 26.5. The molecular weight excluding hydrogens is 320 g/mol. The van der Waals surface area contributed by atoms with Crippen LogP contribution in [0.4, 0.5) is 0 Å². The number of sulfonamides is 1. The largest absolute Gasteiger partial charge is 0.478 e. The molecule has 0 atom stereocenters. The summed E-state index contributed by atoms with van der Waals surface area (Å²) in [4.78, 5) is 13.0. The summed E-state index contributed by atoms with van der Waals surface area (Å²) in [5.74, 6) is 1.05. The van der Waals surface area contributed by atoms with Gasteiger partial charge in [-0.1, -0.05) is 0 Å². The lowest BCUT2D eigenvalue weighted by molar-refractivity contribution is 0.0697. The van der Waals surface area contributed by atoms with Gasteiger partial charge in [0.2, 0.25) is 10.0 Å². The summed E-state index contributed by atoms with van der Waals surface area (Å²) in [6, 6.07) is 1.19. The molecule has 6 nitrogen and oxygen atoms in total. The number of rotatable bonds is 6. The Hall–Kier alpha value is -0.610. The number of carboxylic acids is 1. The van der Waals surface area contributed by atoms with Gasteiger partial charge in [0.25, 0.3) is 0 Å². The molecule has 1 aromatic heterocycles. The predicted octanol–water partition coefficient (Wildman–Crippen LogP) is 0.773. The molecule has 0 saturated carbocycles. The Kier molecular flexibility index (Phi) is 5.44. The van der Waals surface area contributed by atoms with Crippen molar-refractivity contribution in [3.8, 4) is 0 Å². The lowest BCUT2D eigenvalue weighted by Gasteiger charge is -2.25. The molecule has 2 rings (SSSR count). The number of thiophene rings is 1. The van der Waals surface area contributed by atoms with E-state index in [9.17, 15) is 13.2 Å². The summed E-state index contributed by atoms with van der Waals surface area (Å²) in [7, 11) is -3.60. The first-order valence-electron chi connectivity index (χ1n) is 6.10. The van der Waals surface area contributed by atoms with Crippen LogP contribution in [-0.4, -0.2) is 62.1 Å². The van der Waals surface area contributed by atoms with Crippen molar-refractivity contribution in [1.29, 1.82) is 0 Å². The van der Waals surface area contributed by atoms with Crippen LogP contribution >= 0.6 is 23.1 Å². The molecular formula is C11H16N2O4S3. The third-order valence-corrected chi connectivity index (χ3v) is 6.75.